The molecule has 0 bridgehead atoms. The maximum Gasteiger partial charge on any atom is 0.145 e. The van der Waals surface area contributed by atoms with E-state index in [1.54, 1.807) is 0 Å². The third-order valence-electron chi connectivity index (χ3n) is 3.78. The normalized spacial score (nSPS) is 13.5. The van der Waals surface area contributed by atoms with E-state index < -0.39 is 0 Å². The highest BCUT2D eigenvalue weighted by atomic mass is 16.1. The number of aldehydes is 1. The first-order valence-corrected chi connectivity index (χ1v) is 8.44. The number of carbonyl (C=O) groups excluding carboxylic acids is 1. The predicted octanol–water partition coefficient (Wildman–Crippen LogP) is 6.08. The summed E-state index contributed by atoms with van der Waals surface area (Å²) >= 11 is 0. The van der Waals surface area contributed by atoms with Gasteiger partial charge in [-0.2, -0.15) is 0 Å². The standard InChI is InChI=1S/C18H34O/c1-4-7-10-11-14-17(12-8-5-2)15-18(16-19)13-9-6-3/h15-17H,4-14H2,1-3H3. The smallest absolute Gasteiger partial charge is 0.145 e. The van der Waals surface area contributed by atoms with Gasteiger partial charge in [0.15, 0.2) is 0 Å². The van der Waals surface area contributed by atoms with Crippen molar-refractivity contribution in [3.8, 4) is 0 Å². The number of hydrogen-bond acceptors (Lipinski definition) is 1. The second-order valence-electron chi connectivity index (χ2n) is 5.71. The van der Waals surface area contributed by atoms with Crippen LogP contribution >= 0.6 is 0 Å². The van der Waals surface area contributed by atoms with Gasteiger partial charge in [-0.3, -0.25) is 4.79 Å². The molecule has 1 nitrogen and oxygen atoms in total. The minimum atomic E-state index is 0.633. The molecule has 0 aliphatic carbocycles. The predicted molar refractivity (Wildman–Crippen MR) is 85.4 cm³/mol. The lowest BCUT2D eigenvalue weighted by atomic mass is 9.92. The van der Waals surface area contributed by atoms with Gasteiger partial charge in [-0.05, 0) is 37.2 Å². The Morgan fingerprint density at radius 1 is 0.842 bits per heavy atom. The number of allylic oxidation sites excluding steroid dienone is 2. The summed E-state index contributed by atoms with van der Waals surface area (Å²) in [5.41, 5.74) is 1.04. The Morgan fingerprint density at radius 2 is 1.47 bits per heavy atom. The molecule has 0 amide bonds. The highest BCUT2D eigenvalue weighted by Gasteiger charge is 2.07. The first-order valence-electron chi connectivity index (χ1n) is 8.44. The van der Waals surface area contributed by atoms with E-state index in [9.17, 15) is 4.79 Å². The molecular weight excluding hydrogens is 232 g/mol. The van der Waals surface area contributed by atoms with Crippen molar-refractivity contribution in [3.05, 3.63) is 11.6 Å². The molecule has 112 valence electrons. The molecule has 0 N–H and O–H groups in total. The van der Waals surface area contributed by atoms with Crippen LogP contribution in [0.3, 0.4) is 0 Å². The second kappa shape index (κ2) is 13.8. The monoisotopic (exact) mass is 266 g/mol. The lowest BCUT2D eigenvalue weighted by molar-refractivity contribution is -0.105. The fourth-order valence-electron chi connectivity index (χ4n) is 2.48. The van der Waals surface area contributed by atoms with Gasteiger partial charge >= 0.3 is 0 Å². The van der Waals surface area contributed by atoms with Gasteiger partial charge in [0, 0.05) is 0 Å². The van der Waals surface area contributed by atoms with Crippen LogP contribution < -0.4 is 0 Å². The summed E-state index contributed by atoms with van der Waals surface area (Å²) in [5, 5.41) is 0. The van der Waals surface area contributed by atoms with Gasteiger partial charge in [0.2, 0.25) is 0 Å². The second-order valence-corrected chi connectivity index (χ2v) is 5.71. The summed E-state index contributed by atoms with van der Waals surface area (Å²) in [5.74, 6) is 0.633. The van der Waals surface area contributed by atoms with Gasteiger partial charge in [-0.15, -0.1) is 0 Å². The summed E-state index contributed by atoms with van der Waals surface area (Å²) in [6, 6.07) is 0. The molecule has 0 aliphatic heterocycles. The Kier molecular flexibility index (Phi) is 13.4. The molecule has 0 rings (SSSR count). The van der Waals surface area contributed by atoms with Crippen LogP contribution in [0.2, 0.25) is 0 Å². The van der Waals surface area contributed by atoms with Gasteiger partial charge in [-0.25, -0.2) is 0 Å². The molecule has 19 heavy (non-hydrogen) atoms. The molecule has 0 saturated heterocycles. The molecule has 1 atom stereocenters. The molecule has 0 aromatic rings. The van der Waals surface area contributed by atoms with Crippen molar-refractivity contribution < 1.29 is 4.79 Å². The van der Waals surface area contributed by atoms with Gasteiger partial charge in [0.05, 0.1) is 0 Å². The van der Waals surface area contributed by atoms with E-state index in [-0.39, 0.29) is 0 Å². The van der Waals surface area contributed by atoms with E-state index in [1.807, 2.05) is 0 Å². The van der Waals surface area contributed by atoms with Gasteiger partial charge < -0.3 is 0 Å². The van der Waals surface area contributed by atoms with Crippen molar-refractivity contribution in [2.45, 2.75) is 91.4 Å². The Labute approximate surface area is 120 Å². The molecule has 0 aromatic heterocycles. The van der Waals surface area contributed by atoms with Gasteiger partial charge in [0.25, 0.3) is 0 Å². The van der Waals surface area contributed by atoms with E-state index >= 15 is 0 Å². The average Bonchev–Trinajstić information content (AvgIpc) is 2.44. The van der Waals surface area contributed by atoms with E-state index in [0.29, 0.717) is 5.92 Å². The minimum Gasteiger partial charge on any atom is -0.298 e. The molecule has 0 fully saturated rings. The van der Waals surface area contributed by atoms with Gasteiger partial charge in [0.1, 0.15) is 6.29 Å². The number of hydrogen-bond donors (Lipinski definition) is 0. The quantitative estimate of drug-likeness (QED) is 0.224. The fraction of sp³-hybridized carbons (Fsp3) is 0.833. The van der Waals surface area contributed by atoms with Crippen molar-refractivity contribution in [1.82, 2.24) is 0 Å². The zero-order valence-electron chi connectivity index (χ0n) is 13.4. The van der Waals surface area contributed by atoms with Crippen LogP contribution in [0.1, 0.15) is 91.4 Å². The maximum absolute atomic E-state index is 11.1. The third kappa shape index (κ3) is 11.0. The third-order valence-corrected chi connectivity index (χ3v) is 3.78. The van der Waals surface area contributed by atoms with Crippen molar-refractivity contribution in [2.75, 3.05) is 0 Å². The SMILES string of the molecule is CCCCCCC(C=C(C=O)CCCC)CCCC. The van der Waals surface area contributed by atoms with Crippen molar-refractivity contribution in [2.24, 2.45) is 5.92 Å². The zero-order valence-corrected chi connectivity index (χ0v) is 13.4. The molecule has 0 aliphatic rings. The highest BCUT2D eigenvalue weighted by molar-refractivity contribution is 5.73. The average molecular weight is 266 g/mol. The van der Waals surface area contributed by atoms with Crippen LogP contribution in [-0.2, 0) is 4.79 Å². The lowest BCUT2D eigenvalue weighted by Gasteiger charge is -2.13. The maximum atomic E-state index is 11.1. The van der Waals surface area contributed by atoms with Crippen LogP contribution in [0.4, 0.5) is 0 Å². The molecule has 0 saturated carbocycles. The number of unbranched alkanes of at least 4 members (excludes halogenated alkanes) is 5. The summed E-state index contributed by atoms with van der Waals surface area (Å²) in [6.45, 7) is 6.68. The van der Waals surface area contributed by atoms with Crippen LogP contribution in [-0.4, -0.2) is 6.29 Å². The van der Waals surface area contributed by atoms with E-state index in [1.165, 1.54) is 57.8 Å². The Hall–Kier alpha value is -0.590. The molecule has 1 heteroatoms. The molecule has 0 aromatic carbocycles. The summed E-state index contributed by atoms with van der Waals surface area (Å²) in [6.07, 6.45) is 17.0. The molecule has 0 radical (unpaired) electrons. The lowest BCUT2D eigenvalue weighted by Crippen LogP contribution is -2.00. The summed E-state index contributed by atoms with van der Waals surface area (Å²) in [7, 11) is 0. The first-order chi connectivity index (χ1) is 9.28. The molecule has 0 spiro atoms. The topological polar surface area (TPSA) is 17.1 Å². The van der Waals surface area contributed by atoms with Crippen molar-refractivity contribution in [3.63, 3.8) is 0 Å². The molecular formula is C18H34O. The minimum absolute atomic E-state index is 0.633. The number of rotatable bonds is 13. The van der Waals surface area contributed by atoms with Crippen LogP contribution in [0.5, 0.6) is 0 Å². The van der Waals surface area contributed by atoms with Crippen LogP contribution in [0.15, 0.2) is 11.6 Å². The van der Waals surface area contributed by atoms with E-state index in [4.69, 9.17) is 0 Å². The highest BCUT2D eigenvalue weighted by Crippen LogP contribution is 2.21. The van der Waals surface area contributed by atoms with E-state index in [0.717, 1.165) is 24.7 Å². The fourth-order valence-corrected chi connectivity index (χ4v) is 2.48. The largest absolute Gasteiger partial charge is 0.298 e. The van der Waals surface area contributed by atoms with Crippen LogP contribution in [0, 0.1) is 5.92 Å². The van der Waals surface area contributed by atoms with Crippen molar-refractivity contribution in [1.29, 1.82) is 0 Å². The van der Waals surface area contributed by atoms with E-state index in [2.05, 4.69) is 26.8 Å². The summed E-state index contributed by atoms with van der Waals surface area (Å²) < 4.78 is 0. The molecule has 1 unspecified atom stereocenters. The Bertz CT molecular complexity index is 230. The van der Waals surface area contributed by atoms with Gasteiger partial charge in [-0.1, -0.05) is 71.8 Å². The Balaban J connectivity index is 4.26. The van der Waals surface area contributed by atoms with Crippen molar-refractivity contribution >= 4 is 6.29 Å². The number of carbonyl (C=O) groups is 1. The first kappa shape index (κ1) is 18.4. The Morgan fingerprint density at radius 3 is 2.05 bits per heavy atom. The molecule has 0 heterocycles. The summed E-state index contributed by atoms with van der Waals surface area (Å²) in [4.78, 5) is 11.1. The zero-order chi connectivity index (χ0) is 14.3. The van der Waals surface area contributed by atoms with Crippen LogP contribution in [0.25, 0.3) is 0 Å².